The Balaban J connectivity index is 0.000000366. The molecule has 0 aromatic heterocycles. The maximum absolute atomic E-state index is 13.9. The molecule has 1 fully saturated rings. The zero-order valence-corrected chi connectivity index (χ0v) is 54.6. The predicted octanol–water partition coefficient (Wildman–Crippen LogP) is 18.4. The van der Waals surface area contributed by atoms with Crippen LogP contribution in [0.5, 0.6) is 11.5 Å². The summed E-state index contributed by atoms with van der Waals surface area (Å²) in [7, 11) is 0. The maximum atomic E-state index is 13.9. The van der Waals surface area contributed by atoms with Gasteiger partial charge in [0.1, 0.15) is 11.5 Å². The third kappa shape index (κ3) is 15.3. The van der Waals surface area contributed by atoms with Gasteiger partial charge in [-0.15, -0.1) is 47.0 Å². The molecule has 0 radical (unpaired) electrons. The van der Waals surface area contributed by atoms with Gasteiger partial charge in [-0.25, -0.2) is 0 Å². The number of rotatable bonds is 4. The minimum atomic E-state index is -1.44. The Morgan fingerprint density at radius 3 is 0.753 bits per heavy atom. The number of hydrogen-bond donors (Lipinski definition) is 2. The van der Waals surface area contributed by atoms with Crippen molar-refractivity contribution >= 4 is 58.6 Å². The third-order valence-electron chi connectivity index (χ3n) is 13.2. The van der Waals surface area contributed by atoms with Crippen molar-refractivity contribution in [2.24, 2.45) is 21.7 Å². The Bertz CT molecular complexity index is 2300. The summed E-state index contributed by atoms with van der Waals surface area (Å²) in [6.07, 6.45) is 9.06. The van der Waals surface area contributed by atoms with Crippen molar-refractivity contribution in [3.63, 3.8) is 0 Å². The monoisotopic (exact) mass is 1120 g/mol. The van der Waals surface area contributed by atoms with E-state index in [0.717, 1.165) is 44.5 Å². The molecule has 73 heavy (non-hydrogen) atoms. The van der Waals surface area contributed by atoms with Gasteiger partial charge < -0.3 is 10.2 Å². The number of benzene rings is 2. The number of aromatic hydroxyl groups is 2. The molecule has 0 atom stereocenters. The van der Waals surface area contributed by atoms with E-state index in [1.54, 1.807) is 0 Å². The number of fused-ring (bicyclic) bond motifs is 1. The molecule has 5 rings (SSSR count). The molecule has 0 unspecified atom stereocenters. The van der Waals surface area contributed by atoms with Crippen LogP contribution < -0.4 is 0 Å². The molecule has 11 heteroatoms. The second kappa shape index (κ2) is 21.2. The molecule has 3 aliphatic rings. The summed E-state index contributed by atoms with van der Waals surface area (Å²) in [5.41, 5.74) is 5.70. The summed E-state index contributed by atoms with van der Waals surface area (Å²) in [6.45, 7) is 60.5. The van der Waals surface area contributed by atoms with Gasteiger partial charge in [0.15, 0.2) is 11.6 Å². The third-order valence-corrected chi connectivity index (χ3v) is 19.1. The summed E-state index contributed by atoms with van der Waals surface area (Å²) in [5, 5.41) is 22.2. The van der Waals surface area contributed by atoms with Crippen molar-refractivity contribution in [1.82, 2.24) is 0 Å². The molecule has 2 N–H and O–H groups in total. The van der Waals surface area contributed by atoms with Crippen LogP contribution >= 0.6 is 47.0 Å². The van der Waals surface area contributed by atoms with Crippen LogP contribution in [0.25, 0.3) is 0 Å². The molecule has 1 heterocycles. The average molecular weight is 1120 g/mol. The topological polar surface area (TPSA) is 109 Å². The first-order valence-corrected chi connectivity index (χ1v) is 29.9. The fraction of sp³-hybridized carbons (Fsp3) is 0.645. The Hall–Kier alpha value is -2.14. The number of hydrogen-bond acceptors (Lipinski definition) is 10. The molecule has 1 aliphatic heterocycles. The molecule has 1 saturated heterocycles. The molecule has 409 valence electrons. The zero-order chi connectivity index (χ0) is 57.3. The number of carbonyl (C=O) groups excluding carboxylic acids is 2. The number of allylic oxidation sites excluding steroid dienone is 4. The first-order valence-electron chi connectivity index (χ1n) is 25.7. The van der Waals surface area contributed by atoms with Gasteiger partial charge in [-0.3, -0.25) is 9.59 Å². The molecule has 2 aromatic carbocycles. The Morgan fingerprint density at radius 2 is 0.589 bits per heavy atom. The number of ketones is 2. The second-order valence-electron chi connectivity index (χ2n) is 29.5. The first-order chi connectivity index (χ1) is 32.2. The van der Waals surface area contributed by atoms with Gasteiger partial charge in [-0.1, -0.05) is 190 Å². The van der Waals surface area contributed by atoms with Gasteiger partial charge in [0, 0.05) is 54.3 Å². The normalized spacial score (nSPS) is 18.5. The van der Waals surface area contributed by atoms with Gasteiger partial charge >= 0.3 is 22.5 Å². The fourth-order valence-electron chi connectivity index (χ4n) is 9.49. The molecule has 2 aromatic rings. The summed E-state index contributed by atoms with van der Waals surface area (Å²) in [5.74, 6) is 1.16. The van der Waals surface area contributed by atoms with Gasteiger partial charge in [0.2, 0.25) is 0 Å². The SMILES string of the molecule is CC(C)(Sc1cc(C(C)(C)C)c(O)c(C(C)(C)C)c1)Sc1cc(C(C)(C)C)c(O)c(C(C)(C)C)c1.CC1(C)SC2(C=C(C(C)(C)C)C(=O)C(C(C)(C)C)=C2)C2(C=C(C(C)(C)C)C(=O)C(C(C)(C)C)=C2)S1.[O]=[Mn]=[O]. The zero-order valence-electron chi connectivity index (χ0n) is 50.2. The molecular weight excluding hydrogens is 1020 g/mol. The summed E-state index contributed by atoms with van der Waals surface area (Å²) < 4.78 is 15.6. The van der Waals surface area contributed by atoms with Crippen molar-refractivity contribution in [1.29, 1.82) is 0 Å². The van der Waals surface area contributed by atoms with Gasteiger partial charge in [0.05, 0.1) is 17.7 Å². The van der Waals surface area contributed by atoms with E-state index in [1.165, 1.54) is 9.79 Å². The summed E-state index contributed by atoms with van der Waals surface area (Å²) in [6, 6.07) is 8.65. The summed E-state index contributed by atoms with van der Waals surface area (Å²) in [4.78, 5) is 30.0. The molecule has 2 aliphatic carbocycles. The van der Waals surface area contributed by atoms with Crippen LogP contribution in [0.1, 0.15) is 216 Å². The van der Waals surface area contributed by atoms with E-state index in [9.17, 15) is 19.8 Å². The van der Waals surface area contributed by atoms with E-state index < -0.39 is 24.3 Å². The number of phenolic OH excluding ortho intramolecular Hbond substituents is 2. The molecule has 2 spiro atoms. The van der Waals surface area contributed by atoms with Crippen LogP contribution in [0.4, 0.5) is 0 Å². The van der Waals surface area contributed by atoms with Crippen LogP contribution in [-0.2, 0) is 53.7 Å². The molecular formula is C62H94MnO6S4. The molecule has 0 saturated carbocycles. The van der Waals surface area contributed by atoms with E-state index >= 15 is 0 Å². The van der Waals surface area contributed by atoms with Crippen LogP contribution in [-0.4, -0.2) is 39.4 Å². The summed E-state index contributed by atoms with van der Waals surface area (Å²) >= 11 is 6.07. The molecule has 6 nitrogen and oxygen atoms in total. The Labute approximate surface area is 466 Å². The van der Waals surface area contributed by atoms with E-state index in [1.807, 2.05) is 47.0 Å². The van der Waals surface area contributed by atoms with Crippen LogP contribution in [0.3, 0.4) is 0 Å². The van der Waals surface area contributed by atoms with Crippen molar-refractivity contribution < 1.29 is 42.3 Å². The van der Waals surface area contributed by atoms with Gasteiger partial charge in [-0.05, 0) is 95.3 Å². The van der Waals surface area contributed by atoms with Crippen molar-refractivity contribution in [3.05, 3.63) is 93.1 Å². The Kier molecular flexibility index (Phi) is 19.0. The Morgan fingerprint density at radius 1 is 0.397 bits per heavy atom. The van der Waals surface area contributed by atoms with Gasteiger partial charge in [0.25, 0.3) is 0 Å². The van der Waals surface area contributed by atoms with E-state index in [4.69, 9.17) is 7.67 Å². The molecule has 0 amide bonds. The number of thioether (sulfide) groups is 4. The van der Waals surface area contributed by atoms with E-state index in [-0.39, 0.29) is 63.0 Å². The van der Waals surface area contributed by atoms with Crippen molar-refractivity contribution in [3.8, 4) is 11.5 Å². The second-order valence-corrected chi connectivity index (χ2v) is 37.4. The average Bonchev–Trinajstić information content (AvgIpc) is 3.35. The minimum absolute atomic E-state index is 0.112. The number of Topliss-reactive ketones (excluding diaryl/α,β-unsaturated/α-hetero) is 2. The van der Waals surface area contributed by atoms with E-state index in [2.05, 4.69) is 242 Å². The fourth-order valence-corrected chi connectivity index (χ4v) is 16.2. The van der Waals surface area contributed by atoms with E-state index in [0.29, 0.717) is 11.5 Å². The molecule has 0 bridgehead atoms. The van der Waals surface area contributed by atoms with Crippen LogP contribution in [0, 0.1) is 21.7 Å². The van der Waals surface area contributed by atoms with Crippen molar-refractivity contribution in [2.45, 2.75) is 243 Å². The van der Waals surface area contributed by atoms with Crippen LogP contribution in [0.15, 0.2) is 80.7 Å². The first kappa shape index (κ1) is 65.1. The quantitative estimate of drug-likeness (QED) is 0.175. The van der Waals surface area contributed by atoms with Crippen molar-refractivity contribution in [2.75, 3.05) is 0 Å². The van der Waals surface area contributed by atoms with Crippen LogP contribution in [0.2, 0.25) is 0 Å². The number of carbonyl (C=O) groups is 2. The number of phenols is 2. The standard InChI is InChI=1S/C31H46O2S2.C31H48O2S2.Mn.2O/c1-25(2,3)19-15-30(16-20(23(19)32)26(4,5)6)31(35-29(13,14)34-30)17-21(27(7,8)9)24(33)22(18-31)28(10,11)12;1-27(2,3)21-15-19(16-22(25(21)32)28(4,5)6)34-31(13,14)35-20-17-23(29(7,8)9)26(33)24(18-20)30(10,11)12;;;/h15-18H,1-14H3;15-18,32-33H,1-14H3;;;. The van der Waals surface area contributed by atoms with Gasteiger partial charge in [-0.2, -0.15) is 0 Å². The predicted molar refractivity (Wildman–Crippen MR) is 313 cm³/mol.